The van der Waals surface area contributed by atoms with Gasteiger partial charge in [-0.2, -0.15) is 65.9 Å². The van der Waals surface area contributed by atoms with E-state index in [-0.39, 0.29) is 12.5 Å². The molecule has 0 aromatic rings. The van der Waals surface area contributed by atoms with Gasteiger partial charge in [0.2, 0.25) is 0 Å². The third kappa shape index (κ3) is 4.42. The average Bonchev–Trinajstić information content (AvgIpc) is 2.52. The summed E-state index contributed by atoms with van der Waals surface area (Å²) in [5.41, 5.74) is 0. The molecule has 0 nitrogen and oxygen atoms in total. The van der Waals surface area contributed by atoms with E-state index in [1.807, 2.05) is 0 Å². The van der Waals surface area contributed by atoms with Gasteiger partial charge in [-0.05, 0) is 6.42 Å². The van der Waals surface area contributed by atoms with E-state index in [0.717, 1.165) is 6.08 Å². The van der Waals surface area contributed by atoms with Crippen LogP contribution in [-0.2, 0) is 0 Å². The minimum atomic E-state index is -8.22. The smallest absolute Gasteiger partial charge is 0.199 e. The number of allylic oxidation sites excluding steroid dienone is 2. The van der Waals surface area contributed by atoms with Crippen molar-refractivity contribution in [2.75, 3.05) is 0 Å². The summed E-state index contributed by atoms with van der Waals surface area (Å²) >= 11 is 0. The molecule has 0 aromatic carbocycles. The zero-order valence-corrected chi connectivity index (χ0v) is 14.2. The van der Waals surface area contributed by atoms with E-state index >= 15 is 0 Å². The van der Waals surface area contributed by atoms with Crippen LogP contribution in [0.4, 0.5) is 65.9 Å². The van der Waals surface area contributed by atoms with Crippen molar-refractivity contribution in [3.63, 3.8) is 0 Å². The molecule has 174 valence electrons. The minimum Gasteiger partial charge on any atom is -0.199 e. The van der Waals surface area contributed by atoms with Crippen molar-refractivity contribution in [2.45, 2.75) is 74.3 Å². The van der Waals surface area contributed by atoms with Gasteiger partial charge in [-0.25, -0.2) is 0 Å². The molecule has 0 fully saturated rings. The second-order valence-corrected chi connectivity index (χ2v) is 5.89. The Kier molecular flexibility index (Phi) is 7.72. The predicted molar refractivity (Wildman–Crippen MR) is 69.0 cm³/mol. The molecule has 0 heterocycles. The first-order valence-corrected chi connectivity index (χ1v) is 7.55. The molecule has 0 atom stereocenters. The molecule has 0 rings (SSSR count). The number of rotatable bonds is 10. The van der Waals surface area contributed by atoms with Crippen LogP contribution in [-0.4, -0.2) is 41.7 Å². The van der Waals surface area contributed by atoms with Crippen LogP contribution in [0.2, 0.25) is 0 Å². The Bertz CT molecular complexity index is 570. The Morgan fingerprint density at radius 3 is 1.28 bits per heavy atom. The Hall–Kier alpha value is -1.31. The molecule has 0 aromatic heterocycles. The SMILES string of the molecule is CCCC/C=C/CC(F)(F)C(F)(F)C(F)(F)C(F)(F)C(F)(F)C(F)(F)C(F)(F)F. The number of halogens is 15. The van der Waals surface area contributed by atoms with Crippen molar-refractivity contribution in [1.82, 2.24) is 0 Å². The highest BCUT2D eigenvalue weighted by Crippen LogP contribution is 2.62. The van der Waals surface area contributed by atoms with Gasteiger partial charge >= 0.3 is 41.7 Å². The first-order chi connectivity index (χ1) is 12.6. The van der Waals surface area contributed by atoms with Crippen molar-refractivity contribution < 1.29 is 65.9 Å². The molecular formula is C14H13F15. The average molecular weight is 466 g/mol. The summed E-state index contributed by atoms with van der Waals surface area (Å²) in [4.78, 5) is 0. The van der Waals surface area contributed by atoms with E-state index in [4.69, 9.17) is 0 Å². The van der Waals surface area contributed by atoms with E-state index in [9.17, 15) is 65.9 Å². The molecule has 0 aliphatic heterocycles. The summed E-state index contributed by atoms with van der Waals surface area (Å²) < 4.78 is 194. The monoisotopic (exact) mass is 466 g/mol. The van der Waals surface area contributed by atoms with Gasteiger partial charge in [0.1, 0.15) is 0 Å². The lowest BCUT2D eigenvalue weighted by molar-refractivity contribution is -0.452. The molecule has 0 aliphatic carbocycles. The van der Waals surface area contributed by atoms with Gasteiger partial charge < -0.3 is 0 Å². The van der Waals surface area contributed by atoms with E-state index < -0.39 is 48.1 Å². The third-order valence-electron chi connectivity index (χ3n) is 3.66. The van der Waals surface area contributed by atoms with Gasteiger partial charge in [0.05, 0.1) is 0 Å². The Balaban J connectivity index is 6.12. The lowest BCUT2D eigenvalue weighted by Gasteiger charge is -2.41. The number of hydrogen-bond donors (Lipinski definition) is 0. The second kappa shape index (κ2) is 8.08. The molecule has 0 N–H and O–H groups in total. The molecule has 0 bridgehead atoms. The highest BCUT2D eigenvalue weighted by Gasteiger charge is 2.93. The van der Waals surface area contributed by atoms with Gasteiger partial charge in [0, 0.05) is 6.42 Å². The quantitative estimate of drug-likeness (QED) is 0.178. The van der Waals surface area contributed by atoms with Crippen molar-refractivity contribution in [3.05, 3.63) is 12.2 Å². The zero-order chi connectivity index (χ0) is 23.7. The largest absolute Gasteiger partial charge is 0.460 e. The molecule has 29 heavy (non-hydrogen) atoms. The van der Waals surface area contributed by atoms with Gasteiger partial charge in [-0.1, -0.05) is 31.9 Å². The van der Waals surface area contributed by atoms with E-state index in [0.29, 0.717) is 12.8 Å². The standard InChI is InChI=1S/C14H13F15/c1-2-3-4-5-6-7-8(15,16)9(17,18)10(19,20)11(21,22)12(23,24)13(25,26)14(27,28)29/h5-6H,2-4,7H2,1H3/b6-5+. The first-order valence-electron chi connectivity index (χ1n) is 7.55. The molecule has 0 saturated heterocycles. The van der Waals surface area contributed by atoms with Crippen molar-refractivity contribution in [3.8, 4) is 0 Å². The van der Waals surface area contributed by atoms with Crippen LogP contribution in [0.25, 0.3) is 0 Å². The molecule has 0 aliphatic rings. The van der Waals surface area contributed by atoms with Gasteiger partial charge in [-0.15, -0.1) is 0 Å². The molecule has 0 spiro atoms. The zero-order valence-electron chi connectivity index (χ0n) is 14.2. The van der Waals surface area contributed by atoms with Crippen LogP contribution in [0.1, 0.15) is 32.6 Å². The first kappa shape index (κ1) is 27.7. The van der Waals surface area contributed by atoms with Crippen LogP contribution < -0.4 is 0 Å². The summed E-state index contributed by atoms with van der Waals surface area (Å²) in [6.07, 6.45) is -8.38. The van der Waals surface area contributed by atoms with Crippen molar-refractivity contribution in [1.29, 1.82) is 0 Å². The fourth-order valence-corrected chi connectivity index (χ4v) is 1.80. The van der Waals surface area contributed by atoms with Gasteiger partial charge in [0.15, 0.2) is 0 Å². The second-order valence-electron chi connectivity index (χ2n) is 5.89. The number of alkyl halides is 15. The molecule has 0 amide bonds. The summed E-state index contributed by atoms with van der Waals surface area (Å²) in [6.45, 7) is 1.61. The van der Waals surface area contributed by atoms with Crippen LogP contribution in [0, 0.1) is 0 Å². The fraction of sp³-hybridized carbons (Fsp3) is 0.857. The summed E-state index contributed by atoms with van der Waals surface area (Å²) in [5, 5.41) is 0. The highest BCUT2D eigenvalue weighted by molar-refractivity contribution is 5.13. The summed E-state index contributed by atoms with van der Waals surface area (Å²) in [6, 6.07) is 0. The predicted octanol–water partition coefficient (Wildman–Crippen LogP) is 7.50. The Morgan fingerprint density at radius 1 is 0.517 bits per heavy atom. The van der Waals surface area contributed by atoms with Crippen LogP contribution in [0.5, 0.6) is 0 Å². The Morgan fingerprint density at radius 2 is 0.897 bits per heavy atom. The normalized spacial score (nSPS) is 16.0. The molecule has 0 unspecified atom stereocenters. The van der Waals surface area contributed by atoms with E-state index in [1.165, 1.54) is 0 Å². The number of unbranched alkanes of at least 4 members (excludes halogenated alkanes) is 2. The van der Waals surface area contributed by atoms with E-state index in [1.54, 1.807) is 6.92 Å². The maximum atomic E-state index is 13.4. The van der Waals surface area contributed by atoms with Gasteiger partial charge in [0.25, 0.3) is 0 Å². The molecular weight excluding hydrogens is 453 g/mol. The minimum absolute atomic E-state index is 0.0411. The van der Waals surface area contributed by atoms with Crippen LogP contribution in [0.15, 0.2) is 12.2 Å². The summed E-state index contributed by atoms with van der Waals surface area (Å²) in [5.74, 6) is -46.0. The molecule has 0 radical (unpaired) electrons. The summed E-state index contributed by atoms with van der Waals surface area (Å²) in [7, 11) is 0. The fourth-order valence-electron chi connectivity index (χ4n) is 1.80. The lowest BCUT2D eigenvalue weighted by atomic mass is 9.90. The maximum absolute atomic E-state index is 13.4. The maximum Gasteiger partial charge on any atom is 0.460 e. The van der Waals surface area contributed by atoms with Gasteiger partial charge in [-0.3, -0.25) is 0 Å². The molecule has 15 heteroatoms. The Labute approximate surface area is 153 Å². The molecule has 0 saturated carbocycles. The van der Waals surface area contributed by atoms with Crippen molar-refractivity contribution in [2.24, 2.45) is 0 Å². The van der Waals surface area contributed by atoms with Crippen LogP contribution in [0.3, 0.4) is 0 Å². The number of hydrogen-bond acceptors (Lipinski definition) is 0. The third-order valence-corrected chi connectivity index (χ3v) is 3.66. The van der Waals surface area contributed by atoms with Crippen LogP contribution >= 0.6 is 0 Å². The van der Waals surface area contributed by atoms with Crippen molar-refractivity contribution >= 4 is 0 Å². The van der Waals surface area contributed by atoms with E-state index in [2.05, 4.69) is 0 Å². The lowest BCUT2D eigenvalue weighted by Crippen LogP contribution is -2.72. The topological polar surface area (TPSA) is 0 Å². The highest BCUT2D eigenvalue weighted by atomic mass is 19.4.